The van der Waals surface area contributed by atoms with E-state index in [1.165, 1.54) is 25.7 Å². The quantitative estimate of drug-likeness (QED) is 0.172. The van der Waals surface area contributed by atoms with Crippen LogP contribution in [-0.2, 0) is 34.2 Å². The van der Waals surface area contributed by atoms with Crippen molar-refractivity contribution < 1.29 is 36.3 Å². The lowest BCUT2D eigenvalue weighted by atomic mass is 9.32. The van der Waals surface area contributed by atoms with Crippen LogP contribution < -0.4 is 10.0 Å². The highest BCUT2D eigenvalue weighted by molar-refractivity contribution is 7.91. The molecule has 0 aromatic heterocycles. The minimum Gasteiger partial charge on any atom is -0.481 e. The molecule has 0 aromatic rings. The van der Waals surface area contributed by atoms with E-state index < -0.39 is 42.4 Å². The number of carboxylic acid groups (broad SMARTS) is 1. The molecule has 0 spiro atoms. The summed E-state index contributed by atoms with van der Waals surface area (Å²) in [5.41, 5.74) is -0.392. The van der Waals surface area contributed by atoms with Gasteiger partial charge in [0.1, 0.15) is 6.10 Å². The number of sulfonamides is 1. The summed E-state index contributed by atoms with van der Waals surface area (Å²) in [6.45, 7) is 26.3. The smallest absolute Gasteiger partial charge is 0.309 e. The van der Waals surface area contributed by atoms with E-state index in [0.717, 1.165) is 38.5 Å². The summed E-state index contributed by atoms with van der Waals surface area (Å²) in [5, 5.41) is 13.4. The van der Waals surface area contributed by atoms with Crippen LogP contribution in [0.2, 0.25) is 0 Å². The van der Waals surface area contributed by atoms with Crippen molar-refractivity contribution in [2.75, 3.05) is 37.7 Å². The second-order valence-electron chi connectivity index (χ2n) is 23.7. The van der Waals surface area contributed by atoms with E-state index in [4.69, 9.17) is 4.74 Å². The van der Waals surface area contributed by atoms with Gasteiger partial charge in [-0.05, 0) is 142 Å². The SMILES string of the molecule is CC(C)[C@@H]1CC[C@]2(NC[C@H](CNS(=O)(=O)C(C)C)N3CCS(=O)(=O)CC3)CC[C@]3(C)[C@H](CC[C@@H]4[C@@]5(C)CC[C@H](OC(=O)[C@H]6C[C@@H](C(=O)O)C6(C)C)C(C)(C)[C@@H]5CC[C@]43C)[C@@H]12. The fourth-order valence-corrected chi connectivity index (χ4v) is 18.0. The van der Waals surface area contributed by atoms with Crippen molar-refractivity contribution in [3.05, 3.63) is 0 Å². The number of nitrogens with zero attached hydrogens (tertiary/aromatic N) is 1. The predicted molar refractivity (Wildman–Crippen MR) is 236 cm³/mol. The van der Waals surface area contributed by atoms with Crippen LogP contribution in [0.1, 0.15) is 147 Å². The van der Waals surface area contributed by atoms with Gasteiger partial charge in [-0.15, -0.1) is 0 Å². The Hall–Kier alpha value is -1.28. The molecule has 0 amide bonds. The van der Waals surface area contributed by atoms with Gasteiger partial charge in [-0.2, -0.15) is 0 Å². The van der Waals surface area contributed by atoms with Crippen molar-refractivity contribution in [3.63, 3.8) is 0 Å². The van der Waals surface area contributed by atoms with Gasteiger partial charge in [-0.1, -0.05) is 62.3 Å². The summed E-state index contributed by atoms with van der Waals surface area (Å²) >= 11 is 0. The van der Waals surface area contributed by atoms with E-state index >= 15 is 0 Å². The van der Waals surface area contributed by atoms with E-state index in [2.05, 4.69) is 63.4 Å². The first kappa shape index (κ1) is 46.7. The molecule has 3 N–H and O–H groups in total. The maximum Gasteiger partial charge on any atom is 0.309 e. The van der Waals surface area contributed by atoms with Gasteiger partial charge in [-0.25, -0.2) is 21.6 Å². The minimum absolute atomic E-state index is 0.0378. The number of carbonyl (C=O) groups excluding carboxylic acids is 1. The molecule has 344 valence electrons. The number of ether oxygens (including phenoxy) is 1. The summed E-state index contributed by atoms with van der Waals surface area (Å²) in [6.07, 6.45) is 11.3. The van der Waals surface area contributed by atoms with Gasteiger partial charge in [0.15, 0.2) is 9.84 Å². The number of esters is 1. The van der Waals surface area contributed by atoms with E-state index in [1.807, 2.05) is 13.8 Å². The van der Waals surface area contributed by atoms with Crippen LogP contribution >= 0.6 is 0 Å². The molecule has 7 rings (SSSR count). The Morgan fingerprint density at radius 3 is 2.05 bits per heavy atom. The third kappa shape index (κ3) is 7.45. The summed E-state index contributed by atoms with van der Waals surface area (Å²) in [6, 6.07) is -0.140. The van der Waals surface area contributed by atoms with Crippen molar-refractivity contribution in [3.8, 4) is 0 Å². The number of rotatable bonds is 12. The van der Waals surface area contributed by atoms with Crippen LogP contribution in [-0.4, -0.2) is 99.4 Å². The average molecular weight is 880 g/mol. The molecule has 13 atom stereocenters. The number of hydrogen-bond donors (Lipinski definition) is 3. The second kappa shape index (κ2) is 15.7. The Labute approximate surface area is 363 Å². The Morgan fingerprint density at radius 1 is 0.783 bits per heavy atom. The van der Waals surface area contributed by atoms with Crippen LogP contribution in [0.25, 0.3) is 0 Å². The predicted octanol–water partition coefficient (Wildman–Crippen LogP) is 7.15. The van der Waals surface area contributed by atoms with Crippen molar-refractivity contribution in [1.29, 1.82) is 0 Å². The average Bonchev–Trinajstić information content (AvgIpc) is 3.53. The van der Waals surface area contributed by atoms with Crippen molar-refractivity contribution in [1.82, 2.24) is 14.9 Å². The highest BCUT2D eigenvalue weighted by Crippen LogP contribution is 2.76. The van der Waals surface area contributed by atoms with Crippen molar-refractivity contribution in [2.24, 2.45) is 74.4 Å². The minimum atomic E-state index is -3.48. The number of carboxylic acids is 1. The zero-order valence-corrected chi connectivity index (χ0v) is 40.6. The summed E-state index contributed by atoms with van der Waals surface area (Å²) < 4.78 is 60.2. The molecule has 1 aliphatic heterocycles. The monoisotopic (exact) mass is 880 g/mol. The van der Waals surface area contributed by atoms with E-state index in [0.29, 0.717) is 61.6 Å². The lowest BCUT2D eigenvalue weighted by Gasteiger charge is -2.73. The number of sulfone groups is 1. The maximum absolute atomic E-state index is 13.7. The molecule has 7 fully saturated rings. The molecule has 0 unspecified atom stereocenters. The van der Waals surface area contributed by atoms with Gasteiger partial charge >= 0.3 is 11.9 Å². The summed E-state index contributed by atoms with van der Waals surface area (Å²) in [7, 11) is -6.57. The largest absolute Gasteiger partial charge is 0.481 e. The van der Waals surface area contributed by atoms with Crippen LogP contribution in [0.3, 0.4) is 0 Å². The highest BCUT2D eigenvalue weighted by Gasteiger charge is 2.71. The normalized spacial score (nSPS) is 43.8. The van der Waals surface area contributed by atoms with Gasteiger partial charge in [0.05, 0.1) is 28.6 Å². The molecule has 1 saturated heterocycles. The lowest BCUT2D eigenvalue weighted by Crippen LogP contribution is -2.69. The lowest BCUT2D eigenvalue weighted by molar-refractivity contribution is -0.249. The fourth-order valence-electron chi connectivity index (χ4n) is 16.0. The Balaban J connectivity index is 1.11. The van der Waals surface area contributed by atoms with E-state index in [9.17, 15) is 31.5 Å². The summed E-state index contributed by atoms with van der Waals surface area (Å²) in [5.74, 6) is 1.52. The van der Waals surface area contributed by atoms with Gasteiger partial charge < -0.3 is 15.2 Å². The molecule has 7 aliphatic rings. The van der Waals surface area contributed by atoms with E-state index in [-0.39, 0.29) is 69.3 Å². The molecule has 60 heavy (non-hydrogen) atoms. The van der Waals surface area contributed by atoms with Crippen LogP contribution in [0.15, 0.2) is 0 Å². The zero-order valence-electron chi connectivity index (χ0n) is 38.9. The molecule has 13 heteroatoms. The number of nitrogens with one attached hydrogen (secondary N) is 2. The molecular weight excluding hydrogens is 799 g/mol. The number of hydrogen-bond acceptors (Lipinski definition) is 9. The Bertz CT molecular complexity index is 1870. The third-order valence-electron chi connectivity index (χ3n) is 20.1. The van der Waals surface area contributed by atoms with Gasteiger partial charge in [-0.3, -0.25) is 14.5 Å². The molecule has 0 radical (unpaired) electrons. The topological polar surface area (TPSA) is 159 Å². The van der Waals surface area contributed by atoms with Gasteiger partial charge in [0.25, 0.3) is 0 Å². The van der Waals surface area contributed by atoms with Crippen molar-refractivity contribution in [2.45, 2.75) is 170 Å². The zero-order chi connectivity index (χ0) is 44.2. The fraction of sp³-hybridized carbons (Fsp3) is 0.957. The Kier molecular flexibility index (Phi) is 12.2. The Morgan fingerprint density at radius 2 is 1.45 bits per heavy atom. The molecule has 6 saturated carbocycles. The molecule has 1 heterocycles. The molecule has 0 bridgehead atoms. The molecule has 0 aromatic carbocycles. The van der Waals surface area contributed by atoms with E-state index in [1.54, 1.807) is 13.8 Å². The summed E-state index contributed by atoms with van der Waals surface area (Å²) in [4.78, 5) is 27.7. The third-order valence-corrected chi connectivity index (χ3v) is 23.5. The number of fused-ring (bicyclic) bond motifs is 7. The van der Waals surface area contributed by atoms with Crippen LogP contribution in [0, 0.1) is 74.4 Å². The van der Waals surface area contributed by atoms with Crippen LogP contribution in [0.5, 0.6) is 0 Å². The van der Waals surface area contributed by atoms with Gasteiger partial charge in [0, 0.05) is 43.2 Å². The first-order valence-electron chi connectivity index (χ1n) is 23.8. The van der Waals surface area contributed by atoms with Gasteiger partial charge in [0.2, 0.25) is 10.0 Å². The van der Waals surface area contributed by atoms with Crippen LogP contribution in [0.4, 0.5) is 0 Å². The second-order valence-corrected chi connectivity index (χ2v) is 28.4. The molecule has 6 aliphatic carbocycles. The van der Waals surface area contributed by atoms with Crippen molar-refractivity contribution >= 4 is 31.8 Å². The molecular formula is C47H81N3O8S2. The first-order valence-corrected chi connectivity index (χ1v) is 27.1. The molecule has 11 nitrogen and oxygen atoms in total. The highest BCUT2D eigenvalue weighted by atomic mass is 32.2. The standard InChI is InChI=1S/C47H81N3O8S2/c1-29(2)32-14-19-47(48-27-31(28-49-60(56,57)30(3)4)50-22-24-59(54,55)25-23-50)21-20-45(10)33(39(32)47)12-13-37-44(9)17-16-38(43(7,8)36(44)15-18-46(37,45)11)58-41(53)35-26-34(40(51)52)42(35,5)6/h29-39,48-49H,12-28H2,1-11H3,(H,51,52)/t31-,32+,33-,34+,35-,36+,37-,38+,39-,44+,45-,46-,47+/m1/s1. The maximum atomic E-state index is 13.7. The number of carbonyl (C=O) groups is 2. The number of aliphatic carboxylic acids is 1. The first-order chi connectivity index (χ1) is 27.7.